The summed E-state index contributed by atoms with van der Waals surface area (Å²) in [5.41, 5.74) is -1.51. The van der Waals surface area contributed by atoms with E-state index in [1.165, 1.54) is 12.0 Å². The number of aliphatic hydroxyl groups excluding tert-OH is 1. The minimum absolute atomic E-state index is 0.0976. The Bertz CT molecular complexity index is 1210. The number of imide groups is 1. The van der Waals surface area contributed by atoms with Crippen molar-refractivity contribution in [3.8, 4) is 5.88 Å². The molecule has 2 bridgehead atoms. The minimum atomic E-state index is -1.12. The molecule has 5 rings (SSSR count). The molecule has 4 heterocycles. The van der Waals surface area contributed by atoms with E-state index in [0.29, 0.717) is 49.3 Å². The van der Waals surface area contributed by atoms with Crippen LogP contribution in [0.2, 0.25) is 0 Å². The fourth-order valence-electron chi connectivity index (χ4n) is 5.31. The van der Waals surface area contributed by atoms with Crippen molar-refractivity contribution in [3.05, 3.63) is 29.7 Å². The lowest BCUT2D eigenvalue weighted by atomic mass is 9.73. The first-order valence-electron chi connectivity index (χ1n) is 13.1. The molecule has 1 N–H and O–H groups in total. The van der Waals surface area contributed by atoms with Crippen LogP contribution in [-0.4, -0.2) is 66.5 Å². The highest BCUT2D eigenvalue weighted by molar-refractivity contribution is 8.00. The van der Waals surface area contributed by atoms with Crippen molar-refractivity contribution < 1.29 is 33.3 Å². The first-order chi connectivity index (χ1) is 18.1. The first kappa shape index (κ1) is 29.3. The van der Waals surface area contributed by atoms with E-state index < -0.39 is 40.8 Å². The molecule has 3 fully saturated rings. The smallest absolute Gasteiger partial charge is 0.420 e. The summed E-state index contributed by atoms with van der Waals surface area (Å²) in [6.07, 6.45) is 1.12. The number of aromatic nitrogens is 2. The fraction of sp³-hybridized carbons (Fsp3) is 0.643. The monoisotopic (exact) mass is 563 g/mol. The Labute approximate surface area is 232 Å². The number of hydrogen-bond acceptors (Lipinski definition) is 9. The summed E-state index contributed by atoms with van der Waals surface area (Å²) in [6.45, 7) is 10.5. The van der Waals surface area contributed by atoms with Crippen LogP contribution in [-0.2, 0) is 9.47 Å². The number of pyridine rings is 2. The highest BCUT2D eigenvalue weighted by Crippen LogP contribution is 2.57. The number of fused-ring (bicyclic) bond motifs is 4. The van der Waals surface area contributed by atoms with E-state index in [0.717, 1.165) is 6.20 Å². The number of methoxy groups -OCH3 is 1. The maximum absolute atomic E-state index is 15.0. The number of aliphatic hydroxyl groups is 1. The third-order valence-corrected chi connectivity index (χ3v) is 9.02. The maximum Gasteiger partial charge on any atom is 0.420 e. The van der Waals surface area contributed by atoms with Gasteiger partial charge in [-0.3, -0.25) is 4.98 Å². The van der Waals surface area contributed by atoms with Crippen molar-refractivity contribution in [2.24, 2.45) is 0 Å². The molecular formula is C28H38FN3O6S. The zero-order valence-electron chi connectivity index (χ0n) is 23.7. The third-order valence-electron chi connectivity index (χ3n) is 7.15. The lowest BCUT2D eigenvalue weighted by molar-refractivity contribution is -0.0320. The number of carbonyl (C=O) groups is 2. The minimum Gasteiger partial charge on any atom is -0.481 e. The average molecular weight is 564 g/mol. The molecule has 3 aliphatic rings. The van der Waals surface area contributed by atoms with Crippen molar-refractivity contribution in [2.45, 2.75) is 101 Å². The van der Waals surface area contributed by atoms with Crippen molar-refractivity contribution in [1.82, 2.24) is 14.9 Å². The van der Waals surface area contributed by atoms with Crippen molar-refractivity contribution >= 4 is 35.0 Å². The molecule has 11 heteroatoms. The van der Waals surface area contributed by atoms with Crippen LogP contribution in [0.15, 0.2) is 18.3 Å². The summed E-state index contributed by atoms with van der Waals surface area (Å²) in [5.74, 6) is 0.142. The van der Waals surface area contributed by atoms with Crippen molar-refractivity contribution in [3.63, 3.8) is 0 Å². The lowest BCUT2D eigenvalue weighted by Crippen LogP contribution is -2.64. The van der Waals surface area contributed by atoms with Gasteiger partial charge in [0.2, 0.25) is 5.88 Å². The molecule has 1 unspecified atom stereocenters. The Morgan fingerprint density at radius 1 is 1.08 bits per heavy atom. The molecule has 39 heavy (non-hydrogen) atoms. The molecule has 2 saturated heterocycles. The molecule has 2 amide bonds. The molecule has 9 nitrogen and oxygen atoms in total. The molecule has 0 spiro atoms. The molecule has 2 aromatic rings. The molecular weight excluding hydrogens is 525 g/mol. The number of hydrogen-bond donors (Lipinski definition) is 1. The summed E-state index contributed by atoms with van der Waals surface area (Å²) in [4.78, 5) is 36.3. The zero-order valence-corrected chi connectivity index (χ0v) is 24.5. The molecule has 2 aromatic heterocycles. The van der Waals surface area contributed by atoms with Gasteiger partial charge in [0.05, 0.1) is 30.5 Å². The lowest BCUT2D eigenvalue weighted by Gasteiger charge is -2.56. The van der Waals surface area contributed by atoms with E-state index in [4.69, 9.17) is 14.2 Å². The molecule has 0 aromatic carbocycles. The van der Waals surface area contributed by atoms with Crippen molar-refractivity contribution in [1.29, 1.82) is 0 Å². The van der Waals surface area contributed by atoms with Gasteiger partial charge in [-0.25, -0.2) is 23.9 Å². The molecule has 0 radical (unpaired) electrons. The van der Waals surface area contributed by atoms with E-state index >= 15 is 0 Å². The first-order valence-corrected chi connectivity index (χ1v) is 14.1. The highest BCUT2D eigenvalue weighted by atomic mass is 32.2. The van der Waals surface area contributed by atoms with E-state index in [-0.39, 0.29) is 15.8 Å². The Morgan fingerprint density at radius 3 is 2.15 bits per heavy atom. The number of ether oxygens (including phenoxy) is 3. The second-order valence-electron chi connectivity index (χ2n) is 12.5. The number of nitrogens with zero attached hydrogens (tertiary/aromatic N) is 3. The number of halogens is 1. The van der Waals surface area contributed by atoms with Crippen molar-refractivity contribution in [2.75, 3.05) is 12.9 Å². The fourth-order valence-corrected chi connectivity index (χ4v) is 7.07. The standard InChI is InChI=1S/C28H38FN3O6S/c1-25(2,3)37-23(34)32(24(35)38-26(4,5)6)27-10-12-28(13-11-27,39-16-27)14-19(33)21-17(29)15-30-18-8-9-20(36-7)31-22(18)21/h8-9,15,19,33H,10-14,16H2,1-7H3. The van der Waals surface area contributed by atoms with Gasteiger partial charge in [0.1, 0.15) is 22.5 Å². The van der Waals surface area contributed by atoms with Gasteiger partial charge in [-0.15, -0.1) is 0 Å². The molecule has 1 saturated carbocycles. The Kier molecular flexibility index (Phi) is 7.81. The Balaban J connectivity index is 1.57. The van der Waals surface area contributed by atoms with E-state index in [2.05, 4.69) is 9.97 Å². The van der Waals surface area contributed by atoms with Crippen LogP contribution < -0.4 is 4.74 Å². The van der Waals surface area contributed by atoms with Gasteiger partial charge in [0, 0.05) is 22.1 Å². The Morgan fingerprint density at radius 2 is 1.67 bits per heavy atom. The van der Waals surface area contributed by atoms with Gasteiger partial charge >= 0.3 is 12.2 Å². The number of rotatable bonds is 5. The van der Waals surface area contributed by atoms with Crippen LogP contribution in [0.5, 0.6) is 5.88 Å². The second kappa shape index (κ2) is 10.4. The van der Waals surface area contributed by atoms with Gasteiger partial charge in [0.15, 0.2) is 0 Å². The van der Waals surface area contributed by atoms with Crippen LogP contribution >= 0.6 is 11.8 Å². The van der Waals surface area contributed by atoms with Gasteiger partial charge in [-0.1, -0.05) is 0 Å². The second-order valence-corrected chi connectivity index (χ2v) is 13.9. The van der Waals surface area contributed by atoms with E-state index in [1.54, 1.807) is 65.4 Å². The summed E-state index contributed by atoms with van der Waals surface area (Å²) < 4.78 is 31.1. The van der Waals surface area contributed by atoms with Gasteiger partial charge in [-0.05, 0) is 79.7 Å². The summed E-state index contributed by atoms with van der Waals surface area (Å²) in [6, 6.07) is 3.32. The van der Waals surface area contributed by atoms with Gasteiger partial charge in [-0.2, -0.15) is 11.8 Å². The zero-order chi connectivity index (χ0) is 28.8. The molecule has 214 valence electrons. The highest BCUT2D eigenvalue weighted by Gasteiger charge is 2.57. The average Bonchev–Trinajstić information content (AvgIpc) is 2.82. The summed E-state index contributed by atoms with van der Waals surface area (Å²) >= 11 is 1.60. The topological polar surface area (TPSA) is 111 Å². The molecule has 1 atom stereocenters. The summed E-state index contributed by atoms with van der Waals surface area (Å²) in [5, 5.41) is 11.3. The van der Waals surface area contributed by atoms with Crippen LogP contribution in [0, 0.1) is 5.82 Å². The van der Waals surface area contributed by atoms with Crippen LogP contribution in [0.3, 0.4) is 0 Å². The normalized spacial score (nSPS) is 23.8. The van der Waals surface area contributed by atoms with Crippen LogP contribution in [0.1, 0.15) is 85.3 Å². The summed E-state index contributed by atoms with van der Waals surface area (Å²) in [7, 11) is 1.47. The van der Waals surface area contributed by atoms with Crippen LogP contribution in [0.25, 0.3) is 11.0 Å². The van der Waals surface area contributed by atoms with E-state index in [9.17, 15) is 19.1 Å². The van der Waals surface area contributed by atoms with Gasteiger partial charge in [0.25, 0.3) is 0 Å². The predicted octanol–water partition coefficient (Wildman–Crippen LogP) is 6.17. The third kappa shape index (κ3) is 6.24. The van der Waals surface area contributed by atoms with Crippen LogP contribution in [0.4, 0.5) is 14.0 Å². The van der Waals surface area contributed by atoms with E-state index in [1.807, 2.05) is 0 Å². The number of carbonyl (C=O) groups excluding carboxylic acids is 2. The number of amides is 2. The quantitative estimate of drug-likeness (QED) is 0.456. The molecule has 1 aliphatic carbocycles. The maximum atomic E-state index is 15.0. The largest absolute Gasteiger partial charge is 0.481 e. The predicted molar refractivity (Wildman–Crippen MR) is 146 cm³/mol. The Hall–Kier alpha value is -2.66. The molecule has 2 aliphatic heterocycles. The number of thioether (sulfide) groups is 1. The van der Waals surface area contributed by atoms with Gasteiger partial charge < -0.3 is 19.3 Å². The SMILES string of the molecule is COc1ccc2ncc(F)c(C(O)CC34CCC(N(C(=O)OC(C)(C)C)C(=O)OC(C)(C)C)(CC3)CS4)c2n1.